The molecule has 0 amide bonds. The van der Waals surface area contributed by atoms with Crippen LogP contribution in [0.25, 0.3) is 0 Å². The number of methoxy groups -OCH3 is 1. The summed E-state index contributed by atoms with van der Waals surface area (Å²) >= 11 is 0. The lowest BCUT2D eigenvalue weighted by atomic mass is 10.1. The van der Waals surface area contributed by atoms with Gasteiger partial charge in [0.25, 0.3) is 0 Å². The zero-order valence-corrected chi connectivity index (χ0v) is 12.1. The third kappa shape index (κ3) is 3.99. The predicted molar refractivity (Wildman–Crippen MR) is 71.9 cm³/mol. The molecule has 2 rings (SSSR count). The maximum absolute atomic E-state index is 5.40. The summed E-state index contributed by atoms with van der Waals surface area (Å²) in [7, 11) is 1.69. The van der Waals surface area contributed by atoms with Crippen molar-refractivity contribution in [2.75, 3.05) is 40.0 Å². The van der Waals surface area contributed by atoms with E-state index in [9.17, 15) is 0 Å². The molecule has 0 unspecified atom stereocenters. The number of morpholine rings is 1. The molecule has 6 nitrogen and oxygen atoms in total. The minimum absolute atomic E-state index is 0.373. The minimum Gasteiger partial charge on any atom is -0.379 e. The zero-order valence-electron chi connectivity index (χ0n) is 12.1. The molecule has 108 valence electrons. The number of hydrogen-bond donors (Lipinski definition) is 0. The summed E-state index contributed by atoms with van der Waals surface area (Å²) in [5.41, 5.74) is 0.504. The summed E-state index contributed by atoms with van der Waals surface area (Å²) in [5, 5.41) is 8.34. The molecule has 0 aliphatic carbocycles. The number of aromatic nitrogens is 3. The van der Waals surface area contributed by atoms with Crippen molar-refractivity contribution in [1.29, 1.82) is 0 Å². The fraction of sp³-hybridized carbons (Fsp3) is 0.846. The topological polar surface area (TPSA) is 52.4 Å². The van der Waals surface area contributed by atoms with Crippen LogP contribution in [0.1, 0.15) is 26.0 Å². The molecule has 0 atom stereocenters. The van der Waals surface area contributed by atoms with Gasteiger partial charge in [0.05, 0.1) is 19.4 Å². The molecular formula is C13H24N4O2. The third-order valence-electron chi connectivity index (χ3n) is 3.63. The van der Waals surface area contributed by atoms with Crippen LogP contribution in [0.2, 0.25) is 0 Å². The van der Waals surface area contributed by atoms with Crippen molar-refractivity contribution < 1.29 is 9.47 Å². The Morgan fingerprint density at radius 3 is 2.74 bits per heavy atom. The first-order valence-corrected chi connectivity index (χ1v) is 6.88. The average Bonchev–Trinajstić information content (AvgIpc) is 2.90. The van der Waals surface area contributed by atoms with Gasteiger partial charge in [0.1, 0.15) is 11.3 Å². The van der Waals surface area contributed by atoms with Crippen LogP contribution in [0.4, 0.5) is 0 Å². The SMILES string of the molecule is COC(C)(C)c1cn(CCCN2CCOCC2)nn1. The van der Waals surface area contributed by atoms with E-state index in [0.29, 0.717) is 0 Å². The summed E-state index contributed by atoms with van der Waals surface area (Å²) in [6.45, 7) is 9.77. The van der Waals surface area contributed by atoms with Gasteiger partial charge < -0.3 is 9.47 Å². The lowest BCUT2D eigenvalue weighted by Gasteiger charge is -2.26. The molecule has 1 aromatic heterocycles. The molecule has 0 aromatic carbocycles. The van der Waals surface area contributed by atoms with Crippen molar-refractivity contribution >= 4 is 0 Å². The van der Waals surface area contributed by atoms with Gasteiger partial charge in [-0.1, -0.05) is 5.21 Å². The van der Waals surface area contributed by atoms with Crippen molar-refractivity contribution in [3.63, 3.8) is 0 Å². The Morgan fingerprint density at radius 1 is 1.32 bits per heavy atom. The Kier molecular flexibility index (Phi) is 4.90. The molecule has 1 aromatic rings. The fourth-order valence-corrected chi connectivity index (χ4v) is 2.07. The quantitative estimate of drug-likeness (QED) is 0.766. The van der Waals surface area contributed by atoms with Crippen LogP contribution >= 0.6 is 0 Å². The van der Waals surface area contributed by atoms with Crippen LogP contribution < -0.4 is 0 Å². The van der Waals surface area contributed by atoms with Gasteiger partial charge in [0.15, 0.2) is 0 Å². The highest BCUT2D eigenvalue weighted by Gasteiger charge is 2.23. The molecule has 6 heteroatoms. The van der Waals surface area contributed by atoms with E-state index in [-0.39, 0.29) is 5.60 Å². The van der Waals surface area contributed by atoms with Gasteiger partial charge >= 0.3 is 0 Å². The van der Waals surface area contributed by atoms with Gasteiger partial charge in [-0.25, -0.2) is 0 Å². The Morgan fingerprint density at radius 2 is 2.05 bits per heavy atom. The van der Waals surface area contributed by atoms with Crippen LogP contribution in [0, 0.1) is 0 Å². The van der Waals surface area contributed by atoms with Gasteiger partial charge in [-0.05, 0) is 20.3 Å². The first-order chi connectivity index (χ1) is 9.12. The van der Waals surface area contributed by atoms with Crippen molar-refractivity contribution in [1.82, 2.24) is 19.9 Å². The molecule has 2 heterocycles. The van der Waals surface area contributed by atoms with E-state index in [0.717, 1.165) is 51.5 Å². The molecule has 0 N–H and O–H groups in total. The maximum Gasteiger partial charge on any atom is 0.114 e. The van der Waals surface area contributed by atoms with Crippen LogP contribution in [0.3, 0.4) is 0 Å². The minimum atomic E-state index is -0.373. The van der Waals surface area contributed by atoms with Gasteiger partial charge in [-0.3, -0.25) is 9.58 Å². The van der Waals surface area contributed by atoms with Crippen molar-refractivity contribution in [2.45, 2.75) is 32.4 Å². The largest absolute Gasteiger partial charge is 0.379 e. The van der Waals surface area contributed by atoms with E-state index in [2.05, 4.69) is 15.2 Å². The van der Waals surface area contributed by atoms with Crippen LogP contribution in [0.15, 0.2) is 6.20 Å². The standard InChI is InChI=1S/C13H24N4O2/c1-13(2,18-3)12-11-17(15-14-12)6-4-5-16-7-9-19-10-8-16/h11H,4-10H2,1-3H3. The fourth-order valence-electron chi connectivity index (χ4n) is 2.07. The van der Waals surface area contributed by atoms with E-state index in [1.165, 1.54) is 0 Å². The lowest BCUT2D eigenvalue weighted by molar-refractivity contribution is 0.0154. The van der Waals surface area contributed by atoms with E-state index in [4.69, 9.17) is 9.47 Å². The molecule has 0 spiro atoms. The highest BCUT2D eigenvalue weighted by molar-refractivity contribution is 5.03. The zero-order chi connectivity index (χ0) is 13.7. The normalized spacial score (nSPS) is 17.8. The molecule has 1 aliphatic heterocycles. The molecule has 0 saturated carbocycles. The monoisotopic (exact) mass is 268 g/mol. The van der Waals surface area contributed by atoms with E-state index >= 15 is 0 Å². The molecule has 19 heavy (non-hydrogen) atoms. The van der Waals surface area contributed by atoms with Gasteiger partial charge in [0, 0.05) is 33.3 Å². The molecular weight excluding hydrogens is 244 g/mol. The molecule has 1 saturated heterocycles. The Hall–Kier alpha value is -0.980. The van der Waals surface area contributed by atoms with Crippen molar-refractivity contribution in [2.24, 2.45) is 0 Å². The van der Waals surface area contributed by atoms with Crippen molar-refractivity contribution in [3.8, 4) is 0 Å². The second-order valence-corrected chi connectivity index (χ2v) is 5.39. The third-order valence-corrected chi connectivity index (χ3v) is 3.63. The van der Waals surface area contributed by atoms with Crippen molar-refractivity contribution in [3.05, 3.63) is 11.9 Å². The smallest absolute Gasteiger partial charge is 0.114 e. The Bertz CT molecular complexity index is 386. The number of aryl methyl sites for hydroxylation is 1. The Labute approximate surface area is 114 Å². The second kappa shape index (κ2) is 6.45. The van der Waals surface area contributed by atoms with Gasteiger partial charge in [-0.15, -0.1) is 5.10 Å². The molecule has 1 fully saturated rings. The first kappa shape index (κ1) is 14.4. The van der Waals surface area contributed by atoms with E-state index in [1.807, 2.05) is 24.7 Å². The highest BCUT2D eigenvalue weighted by atomic mass is 16.5. The second-order valence-electron chi connectivity index (χ2n) is 5.39. The lowest BCUT2D eigenvalue weighted by Crippen LogP contribution is -2.37. The summed E-state index contributed by atoms with van der Waals surface area (Å²) in [6.07, 6.45) is 3.05. The summed E-state index contributed by atoms with van der Waals surface area (Å²) < 4.78 is 12.6. The summed E-state index contributed by atoms with van der Waals surface area (Å²) in [4.78, 5) is 2.43. The molecule has 0 radical (unpaired) electrons. The summed E-state index contributed by atoms with van der Waals surface area (Å²) in [5.74, 6) is 0. The van der Waals surface area contributed by atoms with Crippen LogP contribution in [-0.4, -0.2) is 59.9 Å². The van der Waals surface area contributed by atoms with Crippen LogP contribution in [0.5, 0.6) is 0 Å². The average molecular weight is 268 g/mol. The van der Waals surface area contributed by atoms with E-state index in [1.54, 1.807) is 7.11 Å². The number of ether oxygens (including phenoxy) is 2. The Balaban J connectivity index is 1.77. The number of nitrogens with zero attached hydrogens (tertiary/aromatic N) is 4. The number of hydrogen-bond acceptors (Lipinski definition) is 5. The first-order valence-electron chi connectivity index (χ1n) is 6.88. The highest BCUT2D eigenvalue weighted by Crippen LogP contribution is 2.20. The number of rotatable bonds is 6. The van der Waals surface area contributed by atoms with Gasteiger partial charge in [-0.2, -0.15) is 0 Å². The van der Waals surface area contributed by atoms with Crippen LogP contribution in [-0.2, 0) is 21.6 Å². The van der Waals surface area contributed by atoms with E-state index < -0.39 is 0 Å². The predicted octanol–water partition coefficient (Wildman–Crippen LogP) is 0.882. The van der Waals surface area contributed by atoms with Gasteiger partial charge in [0.2, 0.25) is 0 Å². The maximum atomic E-state index is 5.40. The summed E-state index contributed by atoms with van der Waals surface area (Å²) in [6, 6.07) is 0. The molecule has 0 bridgehead atoms. The molecule has 1 aliphatic rings.